The van der Waals surface area contributed by atoms with Crippen LogP contribution in [0.4, 0.5) is 0 Å². The average Bonchev–Trinajstić information content (AvgIpc) is 1.81. The van der Waals surface area contributed by atoms with Crippen molar-refractivity contribution in [2.45, 2.75) is 6.92 Å². The minimum Gasteiger partial charge on any atom is -0.444 e. The van der Waals surface area contributed by atoms with Crippen LogP contribution in [-0.4, -0.2) is 13.2 Å². The van der Waals surface area contributed by atoms with E-state index in [0.29, 0.717) is 13.2 Å². The highest BCUT2D eigenvalue weighted by atomic mass is 79.9. The van der Waals surface area contributed by atoms with Gasteiger partial charge in [0.05, 0.1) is 22.9 Å². The van der Waals surface area contributed by atoms with Crippen molar-refractivity contribution in [3.05, 3.63) is 0 Å². The molecule has 0 saturated carbocycles. The summed E-state index contributed by atoms with van der Waals surface area (Å²) in [6, 6.07) is 0. The summed E-state index contributed by atoms with van der Waals surface area (Å²) < 4.78 is 9.22. The van der Waals surface area contributed by atoms with E-state index in [9.17, 15) is 0 Å². The lowest BCUT2D eigenvalue weighted by atomic mass is 10.8. The van der Waals surface area contributed by atoms with Gasteiger partial charge in [-0.05, 0) is 0 Å². The highest BCUT2D eigenvalue weighted by Gasteiger charge is 1.78. The molecule has 2 nitrogen and oxygen atoms in total. The molecule has 46 valence electrons. The Morgan fingerprint density at radius 3 is 2.75 bits per heavy atom. The van der Waals surface area contributed by atoms with Gasteiger partial charge in [-0.25, -0.2) is 0 Å². The summed E-state index contributed by atoms with van der Waals surface area (Å²) in [6.07, 6.45) is 2.43. The number of halogens is 1. The third-order valence-electron chi connectivity index (χ3n) is 0.437. The van der Waals surface area contributed by atoms with Crippen LogP contribution >= 0.6 is 16.3 Å². The van der Waals surface area contributed by atoms with Crippen molar-refractivity contribution < 1.29 is 8.57 Å². The van der Waals surface area contributed by atoms with Crippen LogP contribution < -0.4 is 0 Å². The van der Waals surface area contributed by atoms with Gasteiger partial charge in [0.15, 0.2) is 0 Å². The molecule has 0 aliphatic heterocycles. The maximum atomic E-state index is 4.71. The van der Waals surface area contributed by atoms with E-state index in [0.717, 1.165) is 0 Å². The first-order valence-electron chi connectivity index (χ1n) is 2.19. The van der Waals surface area contributed by atoms with Gasteiger partial charge in [-0.2, -0.15) is 0 Å². The molecule has 0 N–H and O–H groups in total. The highest BCUT2D eigenvalue weighted by molar-refractivity contribution is 9.06. The molecule has 0 bridgehead atoms. The Labute approximate surface area is 57.6 Å². The summed E-state index contributed by atoms with van der Waals surface area (Å²) in [5.74, 6) is 2.58. The Kier molecular flexibility index (Phi) is 6.63. The van der Waals surface area contributed by atoms with Crippen molar-refractivity contribution in [1.82, 2.24) is 0 Å². The molecule has 0 atom stereocenters. The molecule has 8 heavy (non-hydrogen) atoms. The van der Waals surface area contributed by atoms with Gasteiger partial charge >= 0.3 is 0 Å². The normalized spacial score (nSPS) is 7.25. The van der Waals surface area contributed by atoms with Gasteiger partial charge in [-0.3, -0.25) is 0 Å². The van der Waals surface area contributed by atoms with Crippen molar-refractivity contribution >= 4 is 16.3 Å². The lowest BCUT2D eigenvalue weighted by molar-refractivity contribution is 0.219. The van der Waals surface area contributed by atoms with E-state index < -0.39 is 0 Å². The molecule has 0 aromatic rings. The molecule has 0 unspecified atom stereocenters. The van der Waals surface area contributed by atoms with Crippen molar-refractivity contribution in [2.24, 2.45) is 0 Å². The van der Waals surface area contributed by atoms with Crippen LogP contribution in [-0.2, 0) is 8.57 Å². The average molecular weight is 179 g/mol. The predicted molar refractivity (Wildman–Crippen MR) is 34.3 cm³/mol. The molecule has 0 aromatic heterocycles. The smallest absolute Gasteiger partial charge is 0.125 e. The van der Waals surface area contributed by atoms with Gasteiger partial charge in [-0.15, -0.1) is 0 Å². The lowest BCUT2D eigenvalue weighted by Gasteiger charge is -1.91. The fourth-order valence-electron chi connectivity index (χ4n) is 0.196. The van der Waals surface area contributed by atoms with E-state index in [2.05, 4.69) is 32.1 Å². The zero-order valence-corrected chi connectivity index (χ0v) is 6.19. The van der Waals surface area contributed by atoms with E-state index in [1.165, 1.54) is 0 Å². The maximum Gasteiger partial charge on any atom is 0.125 e. The van der Waals surface area contributed by atoms with E-state index in [1.54, 1.807) is 6.92 Å². The number of ether oxygens (including phenoxy) is 1. The van der Waals surface area contributed by atoms with Gasteiger partial charge in [0, 0.05) is 6.92 Å². The molecule has 0 spiro atoms. The van der Waals surface area contributed by atoms with E-state index >= 15 is 0 Å². The summed E-state index contributed by atoms with van der Waals surface area (Å²) in [5.41, 5.74) is 0. The molecule has 3 heteroatoms. The van der Waals surface area contributed by atoms with E-state index in [-0.39, 0.29) is 0 Å². The molecule has 0 radical (unpaired) electrons. The second kappa shape index (κ2) is 6.80. The summed E-state index contributed by atoms with van der Waals surface area (Å²) in [7, 11) is 0. The molecular formula is C5H7BrO2. The topological polar surface area (TPSA) is 18.5 Å². The van der Waals surface area contributed by atoms with Crippen molar-refractivity contribution in [1.29, 1.82) is 0 Å². The number of rotatable bonds is 3. The molecular weight excluding hydrogens is 172 g/mol. The molecule has 0 saturated heterocycles. The summed E-state index contributed by atoms with van der Waals surface area (Å²) in [4.78, 5) is 0. The Balaban J connectivity index is 2.79. The van der Waals surface area contributed by atoms with Crippen molar-refractivity contribution in [3.63, 3.8) is 0 Å². The standard InChI is InChI=1S/C5H7BrO2/c1-2-3-7-4-5-8-6/h4-5H2,1H3. The van der Waals surface area contributed by atoms with Gasteiger partial charge in [0.1, 0.15) is 12.7 Å². The van der Waals surface area contributed by atoms with E-state index in [4.69, 9.17) is 4.74 Å². The molecule has 0 amide bonds. The first kappa shape index (κ1) is 7.80. The van der Waals surface area contributed by atoms with Gasteiger partial charge in [0.2, 0.25) is 0 Å². The first-order valence-corrected chi connectivity index (χ1v) is 2.83. The summed E-state index contributed by atoms with van der Waals surface area (Å²) in [5, 5.41) is 0. The molecule has 0 heterocycles. The molecule has 0 fully saturated rings. The van der Waals surface area contributed by atoms with Gasteiger partial charge in [0.25, 0.3) is 0 Å². The van der Waals surface area contributed by atoms with E-state index in [1.807, 2.05) is 0 Å². The first-order chi connectivity index (χ1) is 3.91. The Bertz CT molecular complexity index is 92.3. The zero-order chi connectivity index (χ0) is 6.24. The summed E-state index contributed by atoms with van der Waals surface area (Å²) >= 11 is 2.77. The minimum absolute atomic E-state index is 0.506. The van der Waals surface area contributed by atoms with Crippen LogP contribution in [0.25, 0.3) is 0 Å². The fourth-order valence-corrected chi connectivity index (χ4v) is 0.329. The SMILES string of the molecule is CC#COCCOBr. The lowest BCUT2D eigenvalue weighted by Crippen LogP contribution is -1.93. The number of hydrogen-bond acceptors (Lipinski definition) is 2. The molecule has 0 aromatic carbocycles. The quantitative estimate of drug-likeness (QED) is 0.480. The molecule has 0 aliphatic carbocycles. The van der Waals surface area contributed by atoms with Crippen LogP contribution in [0.3, 0.4) is 0 Å². The zero-order valence-electron chi connectivity index (χ0n) is 4.61. The molecule has 0 aliphatic rings. The van der Waals surface area contributed by atoms with Gasteiger partial charge in [-0.1, -0.05) is 5.92 Å². The monoisotopic (exact) mass is 178 g/mol. The second-order valence-electron chi connectivity index (χ2n) is 1.01. The van der Waals surface area contributed by atoms with Crippen LogP contribution in [0.15, 0.2) is 0 Å². The fraction of sp³-hybridized carbons (Fsp3) is 0.600. The predicted octanol–water partition coefficient (Wildman–Crippen LogP) is 1.31. The Morgan fingerprint density at radius 1 is 1.50 bits per heavy atom. The Hall–Kier alpha value is -0.200. The van der Waals surface area contributed by atoms with Crippen LogP contribution in [0.1, 0.15) is 6.92 Å². The molecule has 0 rings (SSSR count). The van der Waals surface area contributed by atoms with Crippen LogP contribution in [0, 0.1) is 12.0 Å². The maximum absolute atomic E-state index is 4.71. The largest absolute Gasteiger partial charge is 0.444 e. The van der Waals surface area contributed by atoms with Crippen molar-refractivity contribution in [3.8, 4) is 12.0 Å². The summed E-state index contributed by atoms with van der Waals surface area (Å²) in [6.45, 7) is 2.75. The third-order valence-corrected chi connectivity index (χ3v) is 0.761. The second-order valence-corrected chi connectivity index (χ2v) is 1.47. The third kappa shape index (κ3) is 5.80. The minimum atomic E-state index is 0.506. The van der Waals surface area contributed by atoms with Crippen LogP contribution in [0.5, 0.6) is 0 Å². The van der Waals surface area contributed by atoms with Crippen LogP contribution in [0.2, 0.25) is 0 Å². The number of hydrogen-bond donors (Lipinski definition) is 0. The van der Waals surface area contributed by atoms with Gasteiger partial charge < -0.3 is 8.57 Å². The van der Waals surface area contributed by atoms with Crippen molar-refractivity contribution in [2.75, 3.05) is 13.2 Å². The highest BCUT2D eigenvalue weighted by Crippen LogP contribution is 1.82. The Morgan fingerprint density at radius 2 is 2.25 bits per heavy atom.